The first-order valence-electron chi connectivity index (χ1n) is 8.95. The van der Waals surface area contributed by atoms with Gasteiger partial charge in [0.25, 0.3) is 0 Å². The first-order valence-corrected chi connectivity index (χ1v) is 9.83. The van der Waals surface area contributed by atoms with Crippen LogP contribution in [0.15, 0.2) is 60.0 Å². The van der Waals surface area contributed by atoms with Gasteiger partial charge in [0.1, 0.15) is 11.5 Å². The summed E-state index contributed by atoms with van der Waals surface area (Å²) < 4.78 is 5.82. The number of hydrogen-bond acceptors (Lipinski definition) is 5. The standard InChI is InChI=1S/C21H20N2O3S/c24-20(25)16-5-4-12-23(13-16)21-22-19(14-27-21)15-8-10-18(11-9-15)26-17-6-2-1-3-7-17/h1-3,6-11,14,16H,4-5,12-13H2,(H,24,25). The Morgan fingerprint density at radius 2 is 1.85 bits per heavy atom. The molecule has 1 aliphatic rings. The van der Waals surface area contributed by atoms with Gasteiger partial charge in [-0.3, -0.25) is 4.79 Å². The highest BCUT2D eigenvalue weighted by Gasteiger charge is 2.26. The largest absolute Gasteiger partial charge is 0.481 e. The zero-order chi connectivity index (χ0) is 18.6. The summed E-state index contributed by atoms with van der Waals surface area (Å²) in [6, 6.07) is 17.5. The molecule has 2 aromatic carbocycles. The highest BCUT2D eigenvalue weighted by Crippen LogP contribution is 2.31. The van der Waals surface area contributed by atoms with Gasteiger partial charge in [0.15, 0.2) is 5.13 Å². The number of piperidine rings is 1. The van der Waals surface area contributed by atoms with E-state index >= 15 is 0 Å². The summed E-state index contributed by atoms with van der Waals surface area (Å²) in [6.07, 6.45) is 1.63. The number of carbonyl (C=O) groups is 1. The number of ether oxygens (including phenoxy) is 1. The number of para-hydroxylation sites is 1. The topological polar surface area (TPSA) is 62.7 Å². The van der Waals surface area contributed by atoms with Gasteiger partial charge in [-0.1, -0.05) is 18.2 Å². The molecular weight excluding hydrogens is 360 g/mol. The molecule has 0 radical (unpaired) electrons. The van der Waals surface area contributed by atoms with Crippen molar-refractivity contribution < 1.29 is 14.6 Å². The molecule has 1 unspecified atom stereocenters. The third kappa shape index (κ3) is 4.11. The molecule has 3 aromatic rings. The molecule has 1 aromatic heterocycles. The first-order chi connectivity index (χ1) is 13.2. The maximum absolute atomic E-state index is 11.3. The number of carboxylic acids is 1. The highest BCUT2D eigenvalue weighted by molar-refractivity contribution is 7.14. The van der Waals surface area contributed by atoms with Crippen LogP contribution >= 0.6 is 11.3 Å². The fourth-order valence-electron chi connectivity index (χ4n) is 3.21. The molecule has 0 aliphatic carbocycles. The number of aromatic nitrogens is 1. The van der Waals surface area contributed by atoms with Crippen LogP contribution in [0.4, 0.5) is 5.13 Å². The van der Waals surface area contributed by atoms with Crippen molar-refractivity contribution in [2.75, 3.05) is 18.0 Å². The zero-order valence-corrected chi connectivity index (χ0v) is 15.6. The van der Waals surface area contributed by atoms with Gasteiger partial charge >= 0.3 is 5.97 Å². The molecule has 1 atom stereocenters. The molecule has 1 fully saturated rings. The van der Waals surface area contributed by atoms with E-state index in [-0.39, 0.29) is 5.92 Å². The minimum atomic E-state index is -0.717. The van der Waals surface area contributed by atoms with Crippen molar-refractivity contribution in [1.82, 2.24) is 4.98 Å². The van der Waals surface area contributed by atoms with Crippen molar-refractivity contribution in [2.24, 2.45) is 5.92 Å². The normalized spacial score (nSPS) is 16.9. The van der Waals surface area contributed by atoms with Crippen LogP contribution in [0.2, 0.25) is 0 Å². The van der Waals surface area contributed by atoms with Gasteiger partial charge < -0.3 is 14.7 Å². The molecule has 5 nitrogen and oxygen atoms in total. The Hall–Kier alpha value is -2.86. The average molecular weight is 380 g/mol. The van der Waals surface area contributed by atoms with Crippen molar-refractivity contribution in [3.05, 3.63) is 60.0 Å². The fraction of sp³-hybridized carbons (Fsp3) is 0.238. The number of benzene rings is 2. The Bertz CT molecular complexity index is 909. The predicted octanol–water partition coefficient (Wildman–Crippen LogP) is 4.90. The minimum absolute atomic E-state index is 0.305. The van der Waals surface area contributed by atoms with E-state index in [1.54, 1.807) is 11.3 Å². The van der Waals surface area contributed by atoms with Crippen molar-refractivity contribution in [1.29, 1.82) is 0 Å². The van der Waals surface area contributed by atoms with E-state index in [0.29, 0.717) is 6.54 Å². The third-order valence-electron chi connectivity index (χ3n) is 4.66. The smallest absolute Gasteiger partial charge is 0.308 e. The minimum Gasteiger partial charge on any atom is -0.481 e. The molecule has 6 heteroatoms. The summed E-state index contributed by atoms with van der Waals surface area (Å²) in [5.74, 6) is 0.561. The van der Waals surface area contributed by atoms with E-state index in [2.05, 4.69) is 4.90 Å². The van der Waals surface area contributed by atoms with E-state index in [4.69, 9.17) is 9.72 Å². The van der Waals surface area contributed by atoms with Crippen LogP contribution in [-0.2, 0) is 4.79 Å². The Kier molecular flexibility index (Phi) is 5.07. The summed E-state index contributed by atoms with van der Waals surface area (Å²) in [5.41, 5.74) is 1.92. The van der Waals surface area contributed by atoms with Crippen LogP contribution in [0.25, 0.3) is 11.3 Å². The van der Waals surface area contributed by atoms with Gasteiger partial charge in [0.05, 0.1) is 11.6 Å². The quantitative estimate of drug-likeness (QED) is 0.682. The van der Waals surface area contributed by atoms with Gasteiger partial charge in [0.2, 0.25) is 0 Å². The second kappa shape index (κ2) is 7.80. The molecule has 0 amide bonds. The van der Waals surface area contributed by atoms with E-state index in [1.165, 1.54) is 0 Å². The Labute approximate surface area is 161 Å². The Morgan fingerprint density at radius 3 is 2.59 bits per heavy atom. The lowest BCUT2D eigenvalue weighted by Gasteiger charge is -2.30. The maximum atomic E-state index is 11.3. The van der Waals surface area contributed by atoms with Crippen LogP contribution in [-0.4, -0.2) is 29.1 Å². The summed E-state index contributed by atoms with van der Waals surface area (Å²) >= 11 is 1.56. The molecular formula is C21H20N2O3S. The Balaban J connectivity index is 1.46. The second-order valence-corrected chi connectivity index (χ2v) is 7.41. The van der Waals surface area contributed by atoms with Gasteiger partial charge in [-0.05, 0) is 49.2 Å². The molecule has 0 bridgehead atoms. The fourth-order valence-corrected chi connectivity index (χ4v) is 4.08. The number of thiazole rings is 1. The van der Waals surface area contributed by atoms with Crippen LogP contribution in [0.5, 0.6) is 11.5 Å². The van der Waals surface area contributed by atoms with Gasteiger partial charge in [-0.2, -0.15) is 0 Å². The van der Waals surface area contributed by atoms with Crippen molar-refractivity contribution >= 4 is 22.4 Å². The number of rotatable bonds is 5. The number of carboxylic acid groups (broad SMARTS) is 1. The molecule has 4 rings (SSSR count). The van der Waals surface area contributed by atoms with E-state index in [1.807, 2.05) is 60.0 Å². The van der Waals surface area contributed by atoms with Crippen LogP contribution in [0.1, 0.15) is 12.8 Å². The predicted molar refractivity (Wildman–Crippen MR) is 107 cm³/mol. The molecule has 1 aliphatic heterocycles. The van der Waals surface area contributed by atoms with Crippen LogP contribution in [0, 0.1) is 5.92 Å². The van der Waals surface area contributed by atoms with Gasteiger partial charge in [-0.15, -0.1) is 11.3 Å². The summed E-state index contributed by atoms with van der Waals surface area (Å²) in [6.45, 7) is 1.40. The first kappa shape index (κ1) is 17.5. The molecule has 0 spiro atoms. The molecule has 1 saturated heterocycles. The molecule has 27 heavy (non-hydrogen) atoms. The number of nitrogens with zero attached hydrogens (tertiary/aromatic N) is 2. The van der Waals surface area contributed by atoms with Crippen LogP contribution in [0.3, 0.4) is 0 Å². The summed E-state index contributed by atoms with van der Waals surface area (Å²) in [7, 11) is 0. The molecule has 0 saturated carbocycles. The van der Waals surface area contributed by atoms with Crippen LogP contribution < -0.4 is 9.64 Å². The zero-order valence-electron chi connectivity index (χ0n) is 14.7. The monoisotopic (exact) mass is 380 g/mol. The van der Waals surface area contributed by atoms with E-state index < -0.39 is 5.97 Å². The highest BCUT2D eigenvalue weighted by atomic mass is 32.1. The SMILES string of the molecule is O=C(O)C1CCCN(c2nc(-c3ccc(Oc4ccccc4)cc3)cs2)C1. The molecule has 2 heterocycles. The second-order valence-electron chi connectivity index (χ2n) is 6.58. The van der Waals surface area contributed by atoms with Crippen molar-refractivity contribution in [2.45, 2.75) is 12.8 Å². The van der Waals surface area contributed by atoms with E-state index in [0.717, 1.165) is 47.3 Å². The average Bonchev–Trinajstić information content (AvgIpc) is 3.20. The maximum Gasteiger partial charge on any atom is 0.308 e. The lowest BCUT2D eigenvalue weighted by atomic mass is 9.99. The number of anilines is 1. The van der Waals surface area contributed by atoms with Gasteiger partial charge in [0, 0.05) is 24.0 Å². The number of aliphatic carboxylic acids is 1. The molecule has 1 N–H and O–H groups in total. The Morgan fingerprint density at radius 1 is 1.11 bits per heavy atom. The van der Waals surface area contributed by atoms with Crippen molar-refractivity contribution in [3.8, 4) is 22.8 Å². The molecule has 138 valence electrons. The van der Waals surface area contributed by atoms with Gasteiger partial charge in [-0.25, -0.2) is 4.98 Å². The van der Waals surface area contributed by atoms with Crippen molar-refractivity contribution in [3.63, 3.8) is 0 Å². The lowest BCUT2D eigenvalue weighted by Crippen LogP contribution is -2.38. The third-order valence-corrected chi connectivity index (χ3v) is 5.56. The summed E-state index contributed by atoms with van der Waals surface area (Å²) in [5, 5.41) is 12.2. The lowest BCUT2D eigenvalue weighted by molar-refractivity contribution is -0.141. The van der Waals surface area contributed by atoms with E-state index in [9.17, 15) is 9.90 Å². The number of hydrogen-bond donors (Lipinski definition) is 1. The summed E-state index contributed by atoms with van der Waals surface area (Å²) in [4.78, 5) is 18.1.